The van der Waals surface area contributed by atoms with Crippen molar-refractivity contribution in [2.75, 3.05) is 6.61 Å². The van der Waals surface area contributed by atoms with E-state index in [4.69, 9.17) is 9.47 Å². The van der Waals surface area contributed by atoms with Crippen molar-refractivity contribution in [1.82, 2.24) is 0 Å². The van der Waals surface area contributed by atoms with Gasteiger partial charge in [-0.3, -0.25) is 9.59 Å². The van der Waals surface area contributed by atoms with Gasteiger partial charge in [0.05, 0.1) is 6.61 Å². The zero-order chi connectivity index (χ0) is 14.2. The lowest BCUT2D eigenvalue weighted by molar-refractivity contribution is -0.175. The topological polar surface area (TPSA) is 52.6 Å². The Morgan fingerprint density at radius 1 is 1.22 bits per heavy atom. The summed E-state index contributed by atoms with van der Waals surface area (Å²) >= 11 is 0. The summed E-state index contributed by atoms with van der Waals surface area (Å²) in [5.41, 5.74) is -1.18. The molecule has 0 heterocycles. The van der Waals surface area contributed by atoms with Crippen LogP contribution in [0.5, 0.6) is 0 Å². The van der Waals surface area contributed by atoms with Crippen molar-refractivity contribution < 1.29 is 19.1 Å². The minimum absolute atomic E-state index is 0.260. The minimum atomic E-state index is -1.18. The lowest BCUT2D eigenvalue weighted by Gasteiger charge is -2.28. The molecule has 0 N–H and O–H groups in total. The van der Waals surface area contributed by atoms with Gasteiger partial charge < -0.3 is 9.47 Å². The molecule has 0 aliphatic carbocycles. The Kier molecular flexibility index (Phi) is 7.32. The first-order chi connectivity index (χ1) is 8.48. The van der Waals surface area contributed by atoms with Gasteiger partial charge in [-0.25, -0.2) is 0 Å². The molecule has 0 radical (unpaired) electrons. The van der Waals surface area contributed by atoms with Crippen LogP contribution in [0.1, 0.15) is 47.0 Å². The summed E-state index contributed by atoms with van der Waals surface area (Å²) in [6.45, 7) is 10.9. The molecule has 4 heteroatoms. The minimum Gasteiger partial charge on any atom is -0.465 e. The summed E-state index contributed by atoms with van der Waals surface area (Å²) in [6, 6.07) is 0. The summed E-state index contributed by atoms with van der Waals surface area (Å²) in [7, 11) is 0. The van der Waals surface area contributed by atoms with Crippen molar-refractivity contribution in [3.05, 3.63) is 12.7 Å². The monoisotopic (exact) mass is 256 g/mol. The van der Waals surface area contributed by atoms with Gasteiger partial charge in [0, 0.05) is 6.42 Å². The number of esters is 2. The largest absolute Gasteiger partial charge is 0.465 e. The van der Waals surface area contributed by atoms with E-state index in [9.17, 15) is 9.59 Å². The highest BCUT2D eigenvalue weighted by atomic mass is 16.6. The average Bonchev–Trinajstić information content (AvgIpc) is 2.31. The standard InChI is InChI=1S/C14H24O4/c1-6-10-11(5)18-13(16)14(7-2,8-3)12(15)17-9-4/h6,11H,1,7-10H2,2-5H3. The van der Waals surface area contributed by atoms with Crippen LogP contribution in [-0.4, -0.2) is 24.6 Å². The molecule has 0 bridgehead atoms. The van der Waals surface area contributed by atoms with Gasteiger partial charge in [0.2, 0.25) is 0 Å². The Bertz CT molecular complexity index is 292. The smallest absolute Gasteiger partial charge is 0.323 e. The van der Waals surface area contributed by atoms with Crippen LogP contribution in [0.25, 0.3) is 0 Å². The van der Waals surface area contributed by atoms with Crippen LogP contribution in [-0.2, 0) is 19.1 Å². The van der Waals surface area contributed by atoms with Crippen molar-refractivity contribution in [3.63, 3.8) is 0 Å². The zero-order valence-corrected chi connectivity index (χ0v) is 11.8. The van der Waals surface area contributed by atoms with E-state index in [0.29, 0.717) is 19.3 Å². The molecule has 104 valence electrons. The molecule has 1 atom stereocenters. The molecule has 0 aromatic carbocycles. The lowest BCUT2D eigenvalue weighted by atomic mass is 9.82. The Labute approximate surface area is 109 Å². The maximum Gasteiger partial charge on any atom is 0.323 e. The second-order valence-electron chi connectivity index (χ2n) is 4.25. The second-order valence-corrected chi connectivity index (χ2v) is 4.25. The molecule has 0 saturated carbocycles. The van der Waals surface area contributed by atoms with Crippen molar-refractivity contribution in [2.24, 2.45) is 5.41 Å². The van der Waals surface area contributed by atoms with Gasteiger partial charge in [0.15, 0.2) is 5.41 Å². The van der Waals surface area contributed by atoms with Gasteiger partial charge in [-0.1, -0.05) is 19.9 Å². The van der Waals surface area contributed by atoms with Crippen molar-refractivity contribution in [1.29, 1.82) is 0 Å². The third kappa shape index (κ3) is 3.86. The van der Waals surface area contributed by atoms with Gasteiger partial charge in [-0.2, -0.15) is 0 Å². The van der Waals surface area contributed by atoms with Crippen LogP contribution in [0, 0.1) is 5.41 Å². The van der Waals surface area contributed by atoms with E-state index in [-0.39, 0.29) is 12.7 Å². The molecule has 0 aromatic rings. The molecule has 1 unspecified atom stereocenters. The molecular weight excluding hydrogens is 232 g/mol. The Hall–Kier alpha value is -1.32. The van der Waals surface area contributed by atoms with E-state index >= 15 is 0 Å². The first-order valence-electron chi connectivity index (χ1n) is 6.47. The number of ether oxygens (including phenoxy) is 2. The Morgan fingerprint density at radius 3 is 2.17 bits per heavy atom. The molecule has 0 spiro atoms. The summed E-state index contributed by atoms with van der Waals surface area (Å²) < 4.78 is 10.3. The van der Waals surface area contributed by atoms with E-state index in [0.717, 1.165) is 0 Å². The van der Waals surface area contributed by atoms with E-state index in [1.807, 2.05) is 0 Å². The molecule has 4 nitrogen and oxygen atoms in total. The quantitative estimate of drug-likeness (QED) is 0.380. The van der Waals surface area contributed by atoms with E-state index in [1.54, 1.807) is 33.8 Å². The summed E-state index contributed by atoms with van der Waals surface area (Å²) in [5, 5.41) is 0. The maximum atomic E-state index is 12.2. The molecule has 0 aliphatic heterocycles. The fourth-order valence-corrected chi connectivity index (χ4v) is 1.76. The number of hydrogen-bond donors (Lipinski definition) is 0. The fraction of sp³-hybridized carbons (Fsp3) is 0.714. The van der Waals surface area contributed by atoms with Crippen LogP contribution in [0.15, 0.2) is 12.7 Å². The highest BCUT2D eigenvalue weighted by molar-refractivity contribution is 6.00. The number of carbonyl (C=O) groups is 2. The summed E-state index contributed by atoms with van der Waals surface area (Å²) in [4.78, 5) is 24.1. The Morgan fingerprint density at radius 2 is 1.78 bits per heavy atom. The van der Waals surface area contributed by atoms with Crippen molar-refractivity contribution in [2.45, 2.75) is 53.1 Å². The third-order valence-corrected chi connectivity index (χ3v) is 3.07. The molecule has 0 rings (SSSR count). The zero-order valence-electron chi connectivity index (χ0n) is 11.8. The normalized spacial score (nSPS) is 12.7. The summed E-state index contributed by atoms with van der Waals surface area (Å²) in [6.07, 6.45) is 2.73. The molecule has 0 amide bonds. The highest BCUT2D eigenvalue weighted by Gasteiger charge is 2.46. The fourth-order valence-electron chi connectivity index (χ4n) is 1.76. The van der Waals surface area contributed by atoms with Crippen molar-refractivity contribution in [3.8, 4) is 0 Å². The van der Waals surface area contributed by atoms with E-state index in [1.165, 1.54) is 0 Å². The molecule has 0 saturated heterocycles. The maximum absolute atomic E-state index is 12.2. The van der Waals surface area contributed by atoms with Crippen LogP contribution in [0.4, 0.5) is 0 Å². The average molecular weight is 256 g/mol. The highest BCUT2D eigenvalue weighted by Crippen LogP contribution is 2.30. The van der Waals surface area contributed by atoms with Crippen LogP contribution >= 0.6 is 0 Å². The van der Waals surface area contributed by atoms with Crippen LogP contribution in [0.3, 0.4) is 0 Å². The lowest BCUT2D eigenvalue weighted by Crippen LogP contribution is -2.42. The second kappa shape index (κ2) is 7.90. The first-order valence-corrected chi connectivity index (χ1v) is 6.47. The van der Waals surface area contributed by atoms with Gasteiger partial charge in [0.1, 0.15) is 6.10 Å². The van der Waals surface area contributed by atoms with Crippen LogP contribution in [0.2, 0.25) is 0 Å². The molecule has 18 heavy (non-hydrogen) atoms. The number of carbonyl (C=O) groups excluding carboxylic acids is 2. The van der Waals surface area contributed by atoms with E-state index in [2.05, 4.69) is 6.58 Å². The molecule has 0 aliphatic rings. The van der Waals surface area contributed by atoms with Gasteiger partial charge in [0.25, 0.3) is 0 Å². The molecule has 0 fully saturated rings. The van der Waals surface area contributed by atoms with Gasteiger partial charge in [-0.15, -0.1) is 6.58 Å². The van der Waals surface area contributed by atoms with Gasteiger partial charge in [-0.05, 0) is 26.7 Å². The van der Waals surface area contributed by atoms with Crippen molar-refractivity contribution >= 4 is 11.9 Å². The SMILES string of the molecule is C=CCC(C)OC(=O)C(CC)(CC)C(=O)OCC. The van der Waals surface area contributed by atoms with Gasteiger partial charge >= 0.3 is 11.9 Å². The Balaban J connectivity index is 4.92. The number of hydrogen-bond acceptors (Lipinski definition) is 4. The van der Waals surface area contributed by atoms with E-state index < -0.39 is 17.4 Å². The number of rotatable bonds is 8. The predicted octanol–water partition coefficient (Wildman–Crippen LogP) is 2.86. The molecule has 0 aromatic heterocycles. The predicted molar refractivity (Wildman–Crippen MR) is 70.0 cm³/mol. The molecular formula is C14H24O4. The first kappa shape index (κ1) is 16.7. The van der Waals surface area contributed by atoms with Crippen LogP contribution < -0.4 is 0 Å². The summed E-state index contributed by atoms with van der Waals surface area (Å²) in [5.74, 6) is -0.994. The third-order valence-electron chi connectivity index (χ3n) is 3.07.